The van der Waals surface area contributed by atoms with E-state index in [9.17, 15) is 19.7 Å². The lowest BCUT2D eigenvalue weighted by molar-refractivity contribution is -0.384. The molecule has 3 heterocycles. The first-order valence-corrected chi connectivity index (χ1v) is 8.90. The molecular formula is C20H13N5O5. The number of nitrogens with zero attached hydrogens (tertiary/aromatic N) is 4. The van der Waals surface area contributed by atoms with Gasteiger partial charge in [0.05, 0.1) is 27.0 Å². The van der Waals surface area contributed by atoms with Gasteiger partial charge in [-0.2, -0.15) is 0 Å². The summed E-state index contributed by atoms with van der Waals surface area (Å²) in [4.78, 5) is 37.9. The van der Waals surface area contributed by atoms with Crippen LogP contribution in [-0.2, 0) is 7.05 Å². The van der Waals surface area contributed by atoms with Gasteiger partial charge >= 0.3 is 5.76 Å². The molecule has 3 aromatic heterocycles. The van der Waals surface area contributed by atoms with Crippen molar-refractivity contribution in [3.63, 3.8) is 0 Å². The molecule has 0 saturated carbocycles. The number of fused-ring (bicyclic) bond motifs is 3. The molecule has 5 aromatic rings. The maximum absolute atomic E-state index is 13.5. The van der Waals surface area contributed by atoms with E-state index in [2.05, 4.69) is 14.7 Å². The smallest absolute Gasteiger partial charge is 0.342 e. The van der Waals surface area contributed by atoms with Crippen LogP contribution in [0.25, 0.3) is 39.0 Å². The number of pyridine rings is 1. The molecule has 0 aliphatic heterocycles. The monoisotopic (exact) mass is 403 g/mol. The first kappa shape index (κ1) is 17.6. The SMILES string of the molecule is Cn1c2ccccc2c2c1cc(-c1noc(=O)[nH]1)c(=O)n2-c1ccc([N+](=O)[O-])cc1. The quantitative estimate of drug-likeness (QED) is 0.364. The number of aromatic nitrogens is 4. The molecule has 0 aliphatic rings. The summed E-state index contributed by atoms with van der Waals surface area (Å²) < 4.78 is 7.96. The summed E-state index contributed by atoms with van der Waals surface area (Å²) >= 11 is 0. The van der Waals surface area contributed by atoms with Crippen molar-refractivity contribution >= 4 is 27.6 Å². The number of nitro benzene ring substituents is 1. The minimum atomic E-state index is -0.775. The minimum absolute atomic E-state index is 0.00724. The van der Waals surface area contributed by atoms with E-state index in [0.717, 1.165) is 10.9 Å². The van der Waals surface area contributed by atoms with Crippen LogP contribution < -0.4 is 11.3 Å². The van der Waals surface area contributed by atoms with Gasteiger partial charge in [-0.1, -0.05) is 23.4 Å². The highest BCUT2D eigenvalue weighted by Crippen LogP contribution is 2.31. The predicted octanol–water partition coefficient (Wildman–Crippen LogP) is 2.73. The summed E-state index contributed by atoms with van der Waals surface area (Å²) in [5.41, 5.74) is 2.30. The summed E-state index contributed by atoms with van der Waals surface area (Å²) in [6.45, 7) is 0. The zero-order chi connectivity index (χ0) is 21.0. The molecule has 148 valence electrons. The molecule has 30 heavy (non-hydrogen) atoms. The number of nitrogens with one attached hydrogen (secondary N) is 1. The molecule has 10 nitrogen and oxygen atoms in total. The second kappa shape index (κ2) is 6.27. The largest absolute Gasteiger partial charge is 0.439 e. The lowest BCUT2D eigenvalue weighted by atomic mass is 10.1. The van der Waals surface area contributed by atoms with E-state index in [1.165, 1.54) is 28.8 Å². The molecule has 0 fully saturated rings. The fraction of sp³-hybridized carbons (Fsp3) is 0.0500. The third-order valence-corrected chi connectivity index (χ3v) is 5.08. The fourth-order valence-electron chi connectivity index (χ4n) is 3.70. The third kappa shape index (κ3) is 2.47. The number of hydrogen-bond donors (Lipinski definition) is 1. The Morgan fingerprint density at radius 3 is 2.47 bits per heavy atom. The molecular weight excluding hydrogens is 390 g/mol. The molecule has 0 unspecified atom stereocenters. The Bertz CT molecular complexity index is 1570. The highest BCUT2D eigenvalue weighted by atomic mass is 16.6. The molecule has 2 aromatic carbocycles. The lowest BCUT2D eigenvalue weighted by Crippen LogP contribution is -2.21. The summed E-state index contributed by atoms with van der Waals surface area (Å²) in [5, 5.41) is 15.5. The van der Waals surface area contributed by atoms with Gasteiger partial charge in [-0.15, -0.1) is 0 Å². The van der Waals surface area contributed by atoms with Crippen LogP contribution in [0.1, 0.15) is 0 Å². The maximum Gasteiger partial charge on any atom is 0.439 e. The summed E-state index contributed by atoms with van der Waals surface area (Å²) in [5.74, 6) is -0.767. The number of non-ortho nitro benzene ring substituents is 1. The summed E-state index contributed by atoms with van der Waals surface area (Å²) in [7, 11) is 1.87. The van der Waals surface area contributed by atoms with E-state index in [4.69, 9.17) is 0 Å². The normalized spacial score (nSPS) is 11.4. The van der Waals surface area contributed by atoms with E-state index >= 15 is 0 Å². The molecule has 1 N–H and O–H groups in total. The zero-order valence-electron chi connectivity index (χ0n) is 15.5. The van der Waals surface area contributed by atoms with Crippen LogP contribution in [0.3, 0.4) is 0 Å². The molecule has 0 saturated heterocycles. The topological polar surface area (TPSA) is 129 Å². The molecule has 0 aliphatic carbocycles. The highest BCUT2D eigenvalue weighted by molar-refractivity contribution is 6.07. The van der Waals surface area contributed by atoms with E-state index in [1.54, 1.807) is 6.07 Å². The van der Waals surface area contributed by atoms with Gasteiger partial charge in [0.25, 0.3) is 11.2 Å². The Hall–Kier alpha value is -4.47. The molecule has 0 bridgehead atoms. The van der Waals surface area contributed by atoms with E-state index < -0.39 is 16.2 Å². The highest BCUT2D eigenvalue weighted by Gasteiger charge is 2.20. The molecule has 0 spiro atoms. The van der Waals surface area contributed by atoms with Gasteiger partial charge in [0.1, 0.15) is 0 Å². The van der Waals surface area contributed by atoms with Crippen LogP contribution in [0, 0.1) is 10.1 Å². The Morgan fingerprint density at radius 1 is 1.07 bits per heavy atom. The molecule has 5 rings (SSSR count). The van der Waals surface area contributed by atoms with Crippen LogP contribution in [0.15, 0.2) is 68.7 Å². The predicted molar refractivity (Wildman–Crippen MR) is 109 cm³/mol. The number of nitro groups is 1. The van der Waals surface area contributed by atoms with Crippen LogP contribution in [0.4, 0.5) is 5.69 Å². The first-order chi connectivity index (χ1) is 14.5. The molecule has 0 atom stereocenters. The summed E-state index contributed by atoms with van der Waals surface area (Å²) in [6.07, 6.45) is 0. The van der Waals surface area contributed by atoms with Crippen molar-refractivity contribution in [3.8, 4) is 17.1 Å². The number of aromatic amines is 1. The molecule has 0 amide bonds. The lowest BCUT2D eigenvalue weighted by Gasteiger charge is -2.11. The van der Waals surface area contributed by atoms with Gasteiger partial charge < -0.3 is 4.57 Å². The van der Waals surface area contributed by atoms with Crippen molar-refractivity contribution in [1.29, 1.82) is 0 Å². The number of para-hydroxylation sites is 1. The number of rotatable bonds is 3. The second-order valence-corrected chi connectivity index (χ2v) is 6.73. The number of aryl methyl sites for hydroxylation is 1. The average Bonchev–Trinajstić information content (AvgIpc) is 3.30. The number of H-pyrrole nitrogens is 1. The van der Waals surface area contributed by atoms with Crippen molar-refractivity contribution in [2.75, 3.05) is 0 Å². The van der Waals surface area contributed by atoms with Gasteiger partial charge in [0.15, 0.2) is 5.82 Å². The van der Waals surface area contributed by atoms with Gasteiger partial charge in [-0.05, 0) is 24.3 Å². The molecule has 0 radical (unpaired) electrons. The van der Waals surface area contributed by atoms with Crippen molar-refractivity contribution in [2.24, 2.45) is 7.05 Å². The fourth-order valence-corrected chi connectivity index (χ4v) is 3.70. The Morgan fingerprint density at radius 2 is 1.80 bits per heavy atom. The van der Waals surface area contributed by atoms with Gasteiger partial charge in [-0.25, -0.2) is 4.79 Å². The van der Waals surface area contributed by atoms with Crippen LogP contribution in [-0.4, -0.2) is 24.2 Å². The van der Waals surface area contributed by atoms with E-state index in [-0.39, 0.29) is 17.1 Å². The number of hydrogen-bond acceptors (Lipinski definition) is 6. The average molecular weight is 403 g/mol. The first-order valence-electron chi connectivity index (χ1n) is 8.90. The van der Waals surface area contributed by atoms with Gasteiger partial charge in [0.2, 0.25) is 0 Å². The zero-order valence-corrected chi connectivity index (χ0v) is 15.5. The van der Waals surface area contributed by atoms with E-state index in [0.29, 0.717) is 16.7 Å². The van der Waals surface area contributed by atoms with Gasteiger partial charge in [-0.3, -0.25) is 29.0 Å². The number of benzene rings is 2. The summed E-state index contributed by atoms with van der Waals surface area (Å²) in [6, 6.07) is 14.9. The third-order valence-electron chi connectivity index (χ3n) is 5.08. The van der Waals surface area contributed by atoms with Crippen molar-refractivity contribution < 1.29 is 9.45 Å². The van der Waals surface area contributed by atoms with Crippen molar-refractivity contribution in [3.05, 3.63) is 85.6 Å². The Kier molecular flexibility index (Phi) is 3.68. The Labute approximate surface area is 166 Å². The maximum atomic E-state index is 13.5. The van der Waals surface area contributed by atoms with Crippen LogP contribution >= 0.6 is 0 Å². The Balaban J connectivity index is 1.94. The van der Waals surface area contributed by atoms with Crippen LogP contribution in [0.5, 0.6) is 0 Å². The van der Waals surface area contributed by atoms with Gasteiger partial charge in [0, 0.05) is 30.3 Å². The van der Waals surface area contributed by atoms with E-state index in [1.807, 2.05) is 35.9 Å². The second-order valence-electron chi connectivity index (χ2n) is 6.73. The minimum Gasteiger partial charge on any atom is -0.342 e. The molecule has 10 heteroatoms. The standard InChI is InChI=1S/C20H13N5O5/c1-23-15-5-3-2-4-13(15)17-16(23)10-14(18-21-20(27)30-22-18)19(26)24(17)11-6-8-12(9-7-11)25(28)29/h2-10H,1H3,(H,21,22,27). The van der Waals surface area contributed by atoms with Crippen LogP contribution in [0.2, 0.25) is 0 Å². The van der Waals surface area contributed by atoms with Crippen molar-refractivity contribution in [2.45, 2.75) is 0 Å². The van der Waals surface area contributed by atoms with Crippen molar-refractivity contribution in [1.82, 2.24) is 19.3 Å².